The fraction of sp³-hybridized carbons (Fsp3) is 0.333. The number of rotatable bonds is 1. The topological polar surface area (TPSA) is 25.8 Å². The summed E-state index contributed by atoms with van der Waals surface area (Å²) in [5.74, 6) is 0. The summed E-state index contributed by atoms with van der Waals surface area (Å²) in [6, 6.07) is 0. The van der Waals surface area contributed by atoms with E-state index in [-0.39, 0.29) is 0 Å². The van der Waals surface area contributed by atoms with Crippen molar-refractivity contribution in [1.82, 2.24) is 9.36 Å². The standard InChI is InChI=1S/C3H4N2S2/c1-6-3-4-2-5-7-3/h2H,1H3. The second kappa shape index (κ2) is 2.28. The molecule has 0 aliphatic rings. The van der Waals surface area contributed by atoms with Crippen LogP contribution in [0.4, 0.5) is 0 Å². The smallest absolute Gasteiger partial charge is 0.169 e. The Morgan fingerprint density at radius 1 is 1.86 bits per heavy atom. The predicted octanol–water partition coefficient (Wildman–Crippen LogP) is 1.26. The van der Waals surface area contributed by atoms with Gasteiger partial charge in [0.05, 0.1) is 0 Å². The van der Waals surface area contributed by atoms with E-state index in [1.807, 2.05) is 6.26 Å². The van der Waals surface area contributed by atoms with Gasteiger partial charge in [-0.15, -0.1) is 0 Å². The van der Waals surface area contributed by atoms with Gasteiger partial charge in [-0.3, -0.25) is 0 Å². The lowest BCUT2D eigenvalue weighted by Crippen LogP contribution is -1.57. The summed E-state index contributed by atoms with van der Waals surface area (Å²) in [6.45, 7) is 0. The highest BCUT2D eigenvalue weighted by Gasteiger charge is 1.87. The minimum absolute atomic E-state index is 1.03. The molecule has 1 heterocycles. The SMILES string of the molecule is CSc1ncns1. The molecule has 0 bridgehead atoms. The molecule has 0 unspecified atom stereocenters. The van der Waals surface area contributed by atoms with Crippen molar-refractivity contribution in [3.8, 4) is 0 Å². The lowest BCUT2D eigenvalue weighted by atomic mass is 11.3. The molecule has 0 N–H and O–H groups in total. The lowest BCUT2D eigenvalue weighted by Gasteiger charge is -1.74. The van der Waals surface area contributed by atoms with Crippen molar-refractivity contribution in [3.63, 3.8) is 0 Å². The molecule has 1 rings (SSSR count). The molecule has 0 amide bonds. The quantitative estimate of drug-likeness (QED) is 0.538. The Kier molecular flexibility index (Phi) is 1.64. The Morgan fingerprint density at radius 3 is 3.00 bits per heavy atom. The summed E-state index contributed by atoms with van der Waals surface area (Å²) in [6.07, 6.45) is 3.55. The van der Waals surface area contributed by atoms with Crippen LogP contribution < -0.4 is 0 Å². The second-order valence-corrected chi connectivity index (χ2v) is 2.74. The van der Waals surface area contributed by atoms with Gasteiger partial charge in [-0.2, -0.15) is 4.37 Å². The van der Waals surface area contributed by atoms with Crippen LogP contribution in [0.1, 0.15) is 0 Å². The van der Waals surface area contributed by atoms with Crippen molar-refractivity contribution in [2.75, 3.05) is 6.26 Å². The van der Waals surface area contributed by atoms with Gasteiger partial charge in [-0.25, -0.2) is 4.98 Å². The largest absolute Gasteiger partial charge is 0.217 e. The summed E-state index contributed by atoms with van der Waals surface area (Å²) in [7, 11) is 0. The number of hydrogen-bond donors (Lipinski definition) is 0. The third-order valence-electron chi connectivity index (χ3n) is 0.516. The number of nitrogens with zero attached hydrogens (tertiary/aromatic N) is 2. The van der Waals surface area contributed by atoms with Crippen molar-refractivity contribution < 1.29 is 0 Å². The highest BCUT2D eigenvalue weighted by Crippen LogP contribution is 2.12. The van der Waals surface area contributed by atoms with Gasteiger partial charge in [-0.05, 0) is 17.8 Å². The van der Waals surface area contributed by atoms with Crippen molar-refractivity contribution in [2.24, 2.45) is 0 Å². The molecular weight excluding hydrogens is 128 g/mol. The zero-order valence-electron chi connectivity index (χ0n) is 3.79. The zero-order valence-corrected chi connectivity index (χ0v) is 5.42. The predicted molar refractivity (Wildman–Crippen MR) is 31.7 cm³/mol. The van der Waals surface area contributed by atoms with Gasteiger partial charge in [0, 0.05) is 0 Å². The zero-order chi connectivity index (χ0) is 5.11. The van der Waals surface area contributed by atoms with E-state index in [0.717, 1.165) is 4.34 Å². The average Bonchev–Trinajstić information content (AvgIpc) is 2.14. The molecule has 7 heavy (non-hydrogen) atoms. The van der Waals surface area contributed by atoms with E-state index in [4.69, 9.17) is 0 Å². The van der Waals surface area contributed by atoms with Crippen LogP contribution in [-0.2, 0) is 0 Å². The number of hydrogen-bond acceptors (Lipinski definition) is 4. The molecule has 1 aromatic heterocycles. The fourth-order valence-electron chi connectivity index (χ4n) is 0.253. The Bertz CT molecular complexity index is 125. The molecule has 0 saturated carbocycles. The normalized spacial score (nSPS) is 9.29. The van der Waals surface area contributed by atoms with Crippen LogP contribution in [-0.4, -0.2) is 15.6 Å². The van der Waals surface area contributed by atoms with Crippen molar-refractivity contribution >= 4 is 23.3 Å². The average molecular weight is 132 g/mol. The van der Waals surface area contributed by atoms with Gasteiger partial charge in [0.15, 0.2) is 4.34 Å². The maximum absolute atomic E-state index is 3.91. The second-order valence-electron chi connectivity index (χ2n) is 0.911. The molecule has 0 radical (unpaired) electrons. The van der Waals surface area contributed by atoms with E-state index < -0.39 is 0 Å². The molecule has 0 saturated heterocycles. The van der Waals surface area contributed by atoms with Crippen LogP contribution >= 0.6 is 23.3 Å². The van der Waals surface area contributed by atoms with E-state index >= 15 is 0 Å². The van der Waals surface area contributed by atoms with Crippen molar-refractivity contribution in [3.05, 3.63) is 6.33 Å². The van der Waals surface area contributed by atoms with Crippen LogP contribution in [0.25, 0.3) is 0 Å². The molecular formula is C3H4N2S2. The maximum Gasteiger partial charge on any atom is 0.169 e. The summed E-state index contributed by atoms with van der Waals surface area (Å²) in [4.78, 5) is 3.91. The van der Waals surface area contributed by atoms with Crippen LogP contribution in [0.5, 0.6) is 0 Å². The molecule has 0 aliphatic heterocycles. The fourth-order valence-corrected chi connectivity index (χ4v) is 1.11. The monoisotopic (exact) mass is 132 g/mol. The first-order valence-corrected chi connectivity index (χ1v) is 3.74. The molecule has 0 fully saturated rings. The number of aromatic nitrogens is 2. The minimum Gasteiger partial charge on any atom is -0.217 e. The molecule has 0 spiro atoms. The van der Waals surface area contributed by atoms with Crippen LogP contribution in [0.2, 0.25) is 0 Å². The van der Waals surface area contributed by atoms with Crippen LogP contribution in [0.15, 0.2) is 10.7 Å². The minimum atomic E-state index is 1.03. The first-order chi connectivity index (χ1) is 3.43. The molecule has 4 heteroatoms. The van der Waals surface area contributed by atoms with Gasteiger partial charge in [0.25, 0.3) is 0 Å². The molecule has 2 nitrogen and oxygen atoms in total. The van der Waals surface area contributed by atoms with Gasteiger partial charge in [0.1, 0.15) is 6.33 Å². The van der Waals surface area contributed by atoms with E-state index in [2.05, 4.69) is 9.36 Å². The van der Waals surface area contributed by atoms with E-state index in [1.165, 1.54) is 11.5 Å². The third-order valence-corrected chi connectivity index (χ3v) is 2.16. The summed E-state index contributed by atoms with van der Waals surface area (Å²) in [5.41, 5.74) is 0. The van der Waals surface area contributed by atoms with Crippen LogP contribution in [0.3, 0.4) is 0 Å². The van der Waals surface area contributed by atoms with Crippen LogP contribution in [0, 0.1) is 0 Å². The molecule has 0 aromatic carbocycles. The Labute approximate surface area is 50.1 Å². The molecule has 0 aliphatic carbocycles. The first-order valence-electron chi connectivity index (χ1n) is 1.74. The first kappa shape index (κ1) is 5.05. The Morgan fingerprint density at radius 2 is 2.71 bits per heavy atom. The summed E-state index contributed by atoms with van der Waals surface area (Å²) < 4.78 is 4.83. The lowest BCUT2D eigenvalue weighted by molar-refractivity contribution is 1.22. The highest BCUT2D eigenvalue weighted by atomic mass is 32.2. The van der Waals surface area contributed by atoms with Crippen molar-refractivity contribution in [2.45, 2.75) is 4.34 Å². The van der Waals surface area contributed by atoms with Gasteiger partial charge < -0.3 is 0 Å². The van der Waals surface area contributed by atoms with Gasteiger partial charge in [-0.1, -0.05) is 11.8 Å². The van der Waals surface area contributed by atoms with E-state index in [9.17, 15) is 0 Å². The molecule has 1 aromatic rings. The summed E-state index contributed by atoms with van der Waals surface area (Å²) >= 11 is 3.05. The van der Waals surface area contributed by atoms with Gasteiger partial charge >= 0.3 is 0 Å². The maximum atomic E-state index is 3.91. The van der Waals surface area contributed by atoms with E-state index in [1.54, 1.807) is 18.1 Å². The highest BCUT2D eigenvalue weighted by molar-refractivity contribution is 8.00. The van der Waals surface area contributed by atoms with Gasteiger partial charge in [0.2, 0.25) is 0 Å². The van der Waals surface area contributed by atoms with Crippen molar-refractivity contribution in [1.29, 1.82) is 0 Å². The molecule has 38 valence electrons. The Hall–Kier alpha value is -0.0900. The molecule has 0 atom stereocenters. The summed E-state index contributed by atoms with van der Waals surface area (Å²) in [5, 5.41) is 0. The van der Waals surface area contributed by atoms with E-state index in [0.29, 0.717) is 0 Å². The number of thioether (sulfide) groups is 1. The Balaban J connectivity index is 2.76. The third kappa shape index (κ3) is 1.14.